The average Bonchev–Trinajstić information content (AvgIpc) is 3.24. The number of hydrogen-bond donors (Lipinski definition) is 1. The van der Waals surface area contributed by atoms with Crippen molar-refractivity contribution in [3.8, 4) is 11.4 Å². The number of aliphatic hydroxyl groups is 1. The van der Waals surface area contributed by atoms with E-state index in [1.54, 1.807) is 23.2 Å². The van der Waals surface area contributed by atoms with E-state index in [-0.39, 0.29) is 11.8 Å². The fraction of sp³-hybridized carbons (Fsp3) is 0.300. The quantitative estimate of drug-likeness (QED) is 0.765. The van der Waals surface area contributed by atoms with Crippen LogP contribution in [0.3, 0.4) is 0 Å². The molecule has 1 saturated heterocycles. The van der Waals surface area contributed by atoms with E-state index in [1.807, 2.05) is 30.3 Å². The first kappa shape index (κ1) is 17.4. The highest BCUT2D eigenvalue weighted by atomic mass is 16.5. The van der Waals surface area contributed by atoms with Crippen LogP contribution < -0.4 is 0 Å². The molecule has 0 spiro atoms. The zero-order valence-electron chi connectivity index (χ0n) is 14.7. The lowest BCUT2D eigenvalue weighted by Crippen LogP contribution is -2.40. The van der Waals surface area contributed by atoms with Crippen molar-refractivity contribution in [2.45, 2.75) is 24.9 Å². The molecule has 2 aromatic heterocycles. The predicted molar refractivity (Wildman–Crippen MR) is 97.5 cm³/mol. The molecule has 0 aliphatic carbocycles. The van der Waals surface area contributed by atoms with Crippen LogP contribution in [0, 0.1) is 0 Å². The highest BCUT2D eigenvalue weighted by molar-refractivity contribution is 5.82. The van der Waals surface area contributed by atoms with E-state index >= 15 is 0 Å². The van der Waals surface area contributed by atoms with Crippen molar-refractivity contribution in [1.29, 1.82) is 0 Å². The Morgan fingerprint density at radius 1 is 1.15 bits per heavy atom. The van der Waals surface area contributed by atoms with Crippen LogP contribution in [0.15, 0.2) is 59.4 Å². The van der Waals surface area contributed by atoms with E-state index in [9.17, 15) is 9.90 Å². The van der Waals surface area contributed by atoms with E-state index in [0.29, 0.717) is 30.4 Å². The second kappa shape index (κ2) is 7.67. The van der Waals surface area contributed by atoms with Gasteiger partial charge in [0.2, 0.25) is 11.7 Å². The van der Waals surface area contributed by atoms with Gasteiger partial charge in [-0.3, -0.25) is 9.78 Å². The maximum atomic E-state index is 12.5. The highest BCUT2D eigenvalue weighted by Crippen LogP contribution is 2.29. The number of carbonyl (C=O) groups excluding carboxylic acids is 1. The summed E-state index contributed by atoms with van der Waals surface area (Å²) in [6.07, 6.45) is 3.39. The number of nitrogens with zero attached hydrogens (tertiary/aromatic N) is 4. The molecular weight excluding hydrogens is 344 g/mol. The van der Waals surface area contributed by atoms with Crippen LogP contribution in [-0.4, -0.2) is 44.1 Å². The Bertz CT molecular complexity index is 890. The Morgan fingerprint density at radius 2 is 1.93 bits per heavy atom. The lowest BCUT2D eigenvalue weighted by molar-refractivity contribution is -0.141. The predicted octanol–water partition coefficient (Wildman–Crippen LogP) is 2.57. The van der Waals surface area contributed by atoms with Gasteiger partial charge in [-0.15, -0.1) is 0 Å². The molecule has 0 bridgehead atoms. The Kier molecular flexibility index (Phi) is 4.93. The Hall–Kier alpha value is -3.06. The summed E-state index contributed by atoms with van der Waals surface area (Å²) in [5.74, 6) is 1.01. The van der Waals surface area contributed by atoms with Crippen molar-refractivity contribution in [2.24, 2.45) is 0 Å². The van der Waals surface area contributed by atoms with Crippen molar-refractivity contribution >= 4 is 5.91 Å². The molecule has 1 amide bonds. The van der Waals surface area contributed by atoms with Gasteiger partial charge in [0.25, 0.3) is 5.91 Å². The molecule has 1 unspecified atom stereocenters. The molecule has 0 radical (unpaired) electrons. The summed E-state index contributed by atoms with van der Waals surface area (Å²) >= 11 is 0. The van der Waals surface area contributed by atoms with Gasteiger partial charge in [-0.2, -0.15) is 4.98 Å². The molecule has 7 nitrogen and oxygen atoms in total. The summed E-state index contributed by atoms with van der Waals surface area (Å²) in [4.78, 5) is 22.7. The molecule has 0 saturated carbocycles. The molecule has 1 aromatic carbocycles. The Labute approximate surface area is 156 Å². The molecule has 1 fully saturated rings. The van der Waals surface area contributed by atoms with E-state index in [0.717, 1.165) is 18.4 Å². The molecule has 1 aliphatic heterocycles. The molecular formula is C20H20N4O3. The summed E-state index contributed by atoms with van der Waals surface area (Å²) in [5.41, 5.74) is 1.42. The van der Waals surface area contributed by atoms with E-state index < -0.39 is 6.10 Å². The molecule has 3 heterocycles. The minimum atomic E-state index is -1.18. The second-order valence-electron chi connectivity index (χ2n) is 6.61. The number of piperidine rings is 1. The normalized spacial score (nSPS) is 16.3. The van der Waals surface area contributed by atoms with Crippen LogP contribution in [0.4, 0.5) is 0 Å². The molecule has 1 N–H and O–H groups in total. The zero-order chi connectivity index (χ0) is 18.6. The van der Waals surface area contributed by atoms with Crippen LogP contribution in [-0.2, 0) is 4.79 Å². The summed E-state index contributed by atoms with van der Waals surface area (Å²) in [6, 6.07) is 13.1. The second-order valence-corrected chi connectivity index (χ2v) is 6.61. The maximum absolute atomic E-state index is 12.5. The van der Waals surface area contributed by atoms with Crippen molar-refractivity contribution in [2.75, 3.05) is 13.1 Å². The van der Waals surface area contributed by atoms with Gasteiger partial charge >= 0.3 is 0 Å². The molecule has 27 heavy (non-hydrogen) atoms. The molecule has 3 aromatic rings. The maximum Gasteiger partial charge on any atom is 0.256 e. The number of rotatable bonds is 4. The van der Waals surface area contributed by atoms with E-state index in [2.05, 4.69) is 15.1 Å². The summed E-state index contributed by atoms with van der Waals surface area (Å²) in [5, 5.41) is 14.4. The van der Waals surface area contributed by atoms with E-state index in [4.69, 9.17) is 4.52 Å². The first-order valence-electron chi connectivity index (χ1n) is 8.98. The fourth-order valence-corrected chi connectivity index (χ4v) is 3.31. The van der Waals surface area contributed by atoms with Gasteiger partial charge in [-0.05, 0) is 18.9 Å². The topological polar surface area (TPSA) is 92.3 Å². The van der Waals surface area contributed by atoms with Gasteiger partial charge in [0.1, 0.15) is 0 Å². The van der Waals surface area contributed by atoms with Crippen LogP contribution in [0.1, 0.15) is 36.3 Å². The SMILES string of the molecule is O=C(C(O)c1cccnc1)N1CCC(c2nc(-c3ccccc3)no2)CC1. The largest absolute Gasteiger partial charge is 0.378 e. The van der Waals surface area contributed by atoms with Gasteiger partial charge in [0, 0.05) is 42.5 Å². The van der Waals surface area contributed by atoms with Gasteiger partial charge in [-0.1, -0.05) is 41.6 Å². The standard InChI is InChI=1S/C20H20N4O3/c25-17(16-7-4-10-21-13-16)20(26)24-11-8-15(9-12-24)19-22-18(23-27-19)14-5-2-1-3-6-14/h1-7,10,13,15,17,25H,8-9,11-12H2. The van der Waals surface area contributed by atoms with Crippen molar-refractivity contribution in [1.82, 2.24) is 20.0 Å². The van der Waals surface area contributed by atoms with Gasteiger partial charge in [-0.25, -0.2) is 0 Å². The van der Waals surface area contributed by atoms with Crippen LogP contribution >= 0.6 is 0 Å². The molecule has 7 heteroatoms. The minimum Gasteiger partial charge on any atom is -0.378 e. The minimum absolute atomic E-state index is 0.120. The monoisotopic (exact) mass is 364 g/mol. The fourth-order valence-electron chi connectivity index (χ4n) is 3.31. The third kappa shape index (κ3) is 3.73. The van der Waals surface area contributed by atoms with Crippen molar-refractivity contribution in [3.05, 3.63) is 66.3 Å². The van der Waals surface area contributed by atoms with E-state index in [1.165, 1.54) is 6.20 Å². The molecule has 138 valence electrons. The number of pyridine rings is 1. The third-order valence-corrected chi connectivity index (χ3v) is 4.86. The number of benzene rings is 1. The van der Waals surface area contributed by atoms with Crippen LogP contribution in [0.25, 0.3) is 11.4 Å². The van der Waals surface area contributed by atoms with Gasteiger partial charge in [0.15, 0.2) is 6.10 Å². The first-order valence-corrected chi connectivity index (χ1v) is 8.98. The zero-order valence-corrected chi connectivity index (χ0v) is 14.7. The Balaban J connectivity index is 1.38. The molecule has 4 rings (SSSR count). The van der Waals surface area contributed by atoms with Crippen molar-refractivity contribution in [3.63, 3.8) is 0 Å². The summed E-state index contributed by atoms with van der Waals surface area (Å²) < 4.78 is 5.45. The number of aromatic nitrogens is 3. The number of likely N-dealkylation sites (tertiary alicyclic amines) is 1. The van der Waals surface area contributed by atoms with Gasteiger partial charge in [0.05, 0.1) is 0 Å². The number of aliphatic hydroxyl groups excluding tert-OH is 1. The number of carbonyl (C=O) groups is 1. The first-order chi connectivity index (χ1) is 13.2. The van der Waals surface area contributed by atoms with Gasteiger partial charge < -0.3 is 14.5 Å². The lowest BCUT2D eigenvalue weighted by Gasteiger charge is -2.31. The third-order valence-electron chi connectivity index (χ3n) is 4.86. The lowest BCUT2D eigenvalue weighted by atomic mass is 9.96. The van der Waals surface area contributed by atoms with Crippen molar-refractivity contribution < 1.29 is 14.4 Å². The Morgan fingerprint density at radius 3 is 2.63 bits per heavy atom. The molecule has 1 aliphatic rings. The smallest absolute Gasteiger partial charge is 0.256 e. The van der Waals surface area contributed by atoms with Crippen LogP contribution in [0.5, 0.6) is 0 Å². The summed E-state index contributed by atoms with van der Waals surface area (Å²) in [6.45, 7) is 1.09. The molecule has 1 atom stereocenters. The highest BCUT2D eigenvalue weighted by Gasteiger charge is 2.30. The van der Waals surface area contributed by atoms with Crippen LogP contribution in [0.2, 0.25) is 0 Å². The number of hydrogen-bond acceptors (Lipinski definition) is 6. The number of amides is 1. The average molecular weight is 364 g/mol. The summed E-state index contributed by atoms with van der Waals surface area (Å²) in [7, 11) is 0.